The Kier molecular flexibility index (Phi) is 5.73. The number of benzene rings is 1. The molecule has 136 valence electrons. The number of hydrogen-bond acceptors (Lipinski definition) is 6. The molecule has 0 aliphatic heterocycles. The number of thiazole rings is 1. The third-order valence-electron chi connectivity index (χ3n) is 4.27. The Morgan fingerprint density at radius 2 is 1.85 bits per heavy atom. The second-order valence-corrected chi connectivity index (χ2v) is 6.54. The lowest BCUT2D eigenvalue weighted by atomic mass is 10.1. The molecule has 5 nitrogen and oxygen atoms in total. The highest BCUT2D eigenvalue weighted by molar-refractivity contribution is 7.13. The van der Waals surface area contributed by atoms with Gasteiger partial charge in [0, 0.05) is 35.8 Å². The summed E-state index contributed by atoms with van der Waals surface area (Å²) in [5.74, 6) is 2.53. The lowest BCUT2D eigenvalue weighted by Crippen LogP contribution is -2.22. The average Bonchev–Trinajstić information content (AvgIpc) is 3.19. The first-order chi connectivity index (χ1) is 12.7. The summed E-state index contributed by atoms with van der Waals surface area (Å²) in [5.41, 5.74) is 2.87. The van der Waals surface area contributed by atoms with Crippen LogP contribution in [0.5, 0.6) is 11.5 Å². The van der Waals surface area contributed by atoms with Crippen LogP contribution in [-0.2, 0) is 0 Å². The van der Waals surface area contributed by atoms with Crippen molar-refractivity contribution in [1.29, 1.82) is 0 Å². The predicted molar refractivity (Wildman–Crippen MR) is 107 cm³/mol. The van der Waals surface area contributed by atoms with E-state index in [1.165, 1.54) is 0 Å². The first-order valence-electron chi connectivity index (χ1n) is 8.59. The summed E-state index contributed by atoms with van der Waals surface area (Å²) < 4.78 is 10.8. The molecule has 0 fully saturated rings. The largest absolute Gasteiger partial charge is 0.497 e. The number of methoxy groups -OCH3 is 2. The molecule has 0 unspecified atom stereocenters. The van der Waals surface area contributed by atoms with Gasteiger partial charge in [0.25, 0.3) is 0 Å². The van der Waals surface area contributed by atoms with Gasteiger partial charge in [-0.1, -0.05) is 0 Å². The summed E-state index contributed by atoms with van der Waals surface area (Å²) >= 11 is 1.61. The molecule has 6 heteroatoms. The topological polar surface area (TPSA) is 47.5 Å². The molecular formula is C20H23N3O2S. The average molecular weight is 369 g/mol. The van der Waals surface area contributed by atoms with E-state index in [4.69, 9.17) is 14.5 Å². The molecule has 0 radical (unpaired) electrons. The van der Waals surface area contributed by atoms with Crippen molar-refractivity contribution in [2.75, 3.05) is 32.2 Å². The van der Waals surface area contributed by atoms with E-state index in [2.05, 4.69) is 29.8 Å². The van der Waals surface area contributed by atoms with Gasteiger partial charge in [-0.2, -0.15) is 0 Å². The van der Waals surface area contributed by atoms with E-state index in [1.54, 1.807) is 25.6 Å². The van der Waals surface area contributed by atoms with Crippen LogP contribution in [-0.4, -0.2) is 37.3 Å². The van der Waals surface area contributed by atoms with Crippen LogP contribution < -0.4 is 14.4 Å². The Bertz CT molecular complexity index is 875. The van der Waals surface area contributed by atoms with Gasteiger partial charge in [0.15, 0.2) is 0 Å². The molecule has 0 aliphatic rings. The first-order valence-corrected chi connectivity index (χ1v) is 9.47. The number of nitrogens with zero attached hydrogens (tertiary/aromatic N) is 3. The highest BCUT2D eigenvalue weighted by Crippen LogP contribution is 2.36. The molecule has 26 heavy (non-hydrogen) atoms. The van der Waals surface area contributed by atoms with Crippen LogP contribution in [0.2, 0.25) is 0 Å². The van der Waals surface area contributed by atoms with Crippen molar-refractivity contribution in [2.24, 2.45) is 0 Å². The van der Waals surface area contributed by atoms with E-state index >= 15 is 0 Å². The van der Waals surface area contributed by atoms with Gasteiger partial charge in [0.05, 0.1) is 19.9 Å². The summed E-state index contributed by atoms with van der Waals surface area (Å²) in [6.07, 6.45) is 1.84. The van der Waals surface area contributed by atoms with Crippen LogP contribution in [0, 0.1) is 0 Å². The van der Waals surface area contributed by atoms with E-state index in [0.717, 1.165) is 52.2 Å². The van der Waals surface area contributed by atoms with Crippen molar-refractivity contribution >= 4 is 17.2 Å². The molecule has 3 rings (SSSR count). The van der Waals surface area contributed by atoms with Crippen molar-refractivity contribution in [2.45, 2.75) is 13.8 Å². The van der Waals surface area contributed by atoms with Gasteiger partial charge in [0.2, 0.25) is 0 Å². The molecule has 3 aromatic rings. The highest BCUT2D eigenvalue weighted by atomic mass is 32.1. The van der Waals surface area contributed by atoms with Gasteiger partial charge >= 0.3 is 0 Å². The van der Waals surface area contributed by atoms with Crippen LogP contribution in [0.3, 0.4) is 0 Å². The van der Waals surface area contributed by atoms with Gasteiger partial charge in [0.1, 0.15) is 22.3 Å². The van der Waals surface area contributed by atoms with Gasteiger partial charge in [-0.25, -0.2) is 9.97 Å². The fourth-order valence-electron chi connectivity index (χ4n) is 2.82. The lowest BCUT2D eigenvalue weighted by molar-refractivity contribution is 0.404. The van der Waals surface area contributed by atoms with Crippen LogP contribution in [0.15, 0.2) is 41.9 Å². The van der Waals surface area contributed by atoms with Crippen LogP contribution in [0.25, 0.3) is 21.8 Å². The van der Waals surface area contributed by atoms with Crippen molar-refractivity contribution in [3.8, 4) is 33.3 Å². The summed E-state index contributed by atoms with van der Waals surface area (Å²) in [7, 11) is 3.32. The maximum atomic E-state index is 5.49. The van der Waals surface area contributed by atoms with Crippen LogP contribution in [0.4, 0.5) is 5.82 Å². The predicted octanol–water partition coefficient (Wildman–Crippen LogP) is 4.74. The van der Waals surface area contributed by atoms with E-state index < -0.39 is 0 Å². The molecule has 0 bridgehead atoms. The second-order valence-electron chi connectivity index (χ2n) is 5.68. The standard InChI is InChI=1S/C20H23N3O2S/c1-5-23(6-2)19-11-14(9-10-21-19)20-22-17(13-26-20)16-12-15(24-3)7-8-18(16)25-4/h7-13H,5-6H2,1-4H3. The molecule has 0 saturated carbocycles. The van der Waals surface area contributed by atoms with Gasteiger partial charge in [-0.05, 0) is 44.2 Å². The SMILES string of the molecule is CCN(CC)c1cc(-c2nc(-c3cc(OC)ccc3OC)cs2)ccn1. The van der Waals surface area contributed by atoms with Crippen molar-refractivity contribution in [1.82, 2.24) is 9.97 Å². The zero-order chi connectivity index (χ0) is 18.5. The minimum absolute atomic E-state index is 0.779. The van der Waals surface area contributed by atoms with E-state index in [1.807, 2.05) is 35.8 Å². The van der Waals surface area contributed by atoms with Gasteiger partial charge in [-0.3, -0.25) is 0 Å². The smallest absolute Gasteiger partial charge is 0.129 e. The number of pyridine rings is 1. The van der Waals surface area contributed by atoms with Gasteiger partial charge < -0.3 is 14.4 Å². The monoisotopic (exact) mass is 369 g/mol. The number of rotatable bonds is 7. The zero-order valence-electron chi connectivity index (χ0n) is 15.5. The number of aromatic nitrogens is 2. The number of hydrogen-bond donors (Lipinski definition) is 0. The maximum Gasteiger partial charge on any atom is 0.129 e. The van der Waals surface area contributed by atoms with E-state index in [9.17, 15) is 0 Å². The van der Waals surface area contributed by atoms with Crippen molar-refractivity contribution < 1.29 is 9.47 Å². The third kappa shape index (κ3) is 3.65. The van der Waals surface area contributed by atoms with E-state index in [-0.39, 0.29) is 0 Å². The van der Waals surface area contributed by atoms with Crippen LogP contribution in [0.1, 0.15) is 13.8 Å². The lowest BCUT2D eigenvalue weighted by Gasteiger charge is -2.19. The molecule has 0 amide bonds. The molecule has 0 saturated heterocycles. The molecule has 2 heterocycles. The van der Waals surface area contributed by atoms with Crippen LogP contribution >= 0.6 is 11.3 Å². The zero-order valence-corrected chi connectivity index (χ0v) is 16.3. The third-order valence-corrected chi connectivity index (χ3v) is 5.16. The Morgan fingerprint density at radius 3 is 2.54 bits per heavy atom. The quantitative estimate of drug-likeness (QED) is 0.602. The molecule has 0 N–H and O–H groups in total. The summed E-state index contributed by atoms with van der Waals surface area (Å²) in [6, 6.07) is 9.83. The molecule has 2 aromatic heterocycles. The normalized spacial score (nSPS) is 10.6. The van der Waals surface area contributed by atoms with Gasteiger partial charge in [-0.15, -0.1) is 11.3 Å². The number of anilines is 1. The summed E-state index contributed by atoms with van der Waals surface area (Å²) in [6.45, 7) is 6.12. The molecular weight excluding hydrogens is 346 g/mol. The van der Waals surface area contributed by atoms with Crippen molar-refractivity contribution in [3.05, 3.63) is 41.9 Å². The Hall–Kier alpha value is -2.60. The maximum absolute atomic E-state index is 5.49. The molecule has 1 aromatic carbocycles. The Labute approximate surface area is 158 Å². The Morgan fingerprint density at radius 1 is 1.04 bits per heavy atom. The second kappa shape index (κ2) is 8.19. The Balaban J connectivity index is 1.97. The minimum atomic E-state index is 0.779. The highest BCUT2D eigenvalue weighted by Gasteiger charge is 2.13. The molecule has 0 aliphatic carbocycles. The van der Waals surface area contributed by atoms with E-state index in [0.29, 0.717) is 0 Å². The molecule has 0 spiro atoms. The fourth-order valence-corrected chi connectivity index (χ4v) is 3.63. The summed E-state index contributed by atoms with van der Waals surface area (Å²) in [4.78, 5) is 11.5. The van der Waals surface area contributed by atoms with Crippen molar-refractivity contribution in [3.63, 3.8) is 0 Å². The first kappa shape index (κ1) is 18.2. The number of ether oxygens (including phenoxy) is 2. The molecule has 0 atom stereocenters. The minimum Gasteiger partial charge on any atom is -0.497 e. The fraction of sp³-hybridized carbons (Fsp3) is 0.300. The summed E-state index contributed by atoms with van der Waals surface area (Å²) in [5, 5.41) is 3.00.